The van der Waals surface area contributed by atoms with Gasteiger partial charge < -0.3 is 5.11 Å². The molecule has 18 heavy (non-hydrogen) atoms. The SMILES string of the molecule is C=CC#N.C=CC=C.O=C(O)Cc1ccccc1. The van der Waals surface area contributed by atoms with Gasteiger partial charge in [-0.3, -0.25) is 4.79 Å². The first-order valence-corrected chi connectivity index (χ1v) is 5.12. The van der Waals surface area contributed by atoms with Crippen LogP contribution in [-0.2, 0) is 11.2 Å². The van der Waals surface area contributed by atoms with Crippen LogP contribution in [-0.4, -0.2) is 11.1 Å². The van der Waals surface area contributed by atoms with Gasteiger partial charge in [-0.05, 0) is 5.56 Å². The summed E-state index contributed by atoms with van der Waals surface area (Å²) < 4.78 is 0. The molecule has 1 aromatic rings. The number of carboxylic acid groups (broad SMARTS) is 1. The van der Waals surface area contributed by atoms with Crippen LogP contribution in [0.15, 0.2) is 68.3 Å². The lowest BCUT2D eigenvalue weighted by Gasteiger charge is -1.92. The Bertz CT molecular complexity index is 396. The topological polar surface area (TPSA) is 61.1 Å². The lowest BCUT2D eigenvalue weighted by Crippen LogP contribution is -1.98. The predicted octanol–water partition coefficient (Wildman–Crippen LogP) is 3.37. The maximum absolute atomic E-state index is 10.2. The van der Waals surface area contributed by atoms with Gasteiger partial charge in [0.1, 0.15) is 0 Å². The fraction of sp³-hybridized carbons (Fsp3) is 0.0667. The third-order valence-corrected chi connectivity index (χ3v) is 1.46. The first kappa shape index (κ1) is 17.8. The molecule has 1 rings (SSSR count). The van der Waals surface area contributed by atoms with Gasteiger partial charge in [0, 0.05) is 6.08 Å². The number of hydrogen-bond donors (Lipinski definition) is 1. The minimum Gasteiger partial charge on any atom is -0.481 e. The Kier molecular flexibility index (Phi) is 14.2. The first-order valence-electron chi connectivity index (χ1n) is 5.12. The molecule has 3 heteroatoms. The Morgan fingerprint density at radius 1 is 1.22 bits per heavy atom. The molecule has 1 aromatic carbocycles. The average molecular weight is 243 g/mol. The molecule has 0 atom stereocenters. The molecule has 94 valence electrons. The van der Waals surface area contributed by atoms with Crippen molar-refractivity contribution in [2.45, 2.75) is 6.42 Å². The number of carboxylic acids is 1. The molecule has 3 nitrogen and oxygen atoms in total. The van der Waals surface area contributed by atoms with Crippen LogP contribution in [0.2, 0.25) is 0 Å². The minimum absolute atomic E-state index is 0.112. The zero-order chi connectivity index (χ0) is 14.2. The van der Waals surface area contributed by atoms with Gasteiger partial charge >= 0.3 is 5.97 Å². The van der Waals surface area contributed by atoms with Crippen LogP contribution in [0.1, 0.15) is 5.56 Å². The fourth-order valence-corrected chi connectivity index (χ4v) is 0.770. The molecule has 0 bridgehead atoms. The van der Waals surface area contributed by atoms with Crippen LogP contribution in [0.4, 0.5) is 0 Å². The van der Waals surface area contributed by atoms with Crippen LogP contribution in [0, 0.1) is 11.3 Å². The standard InChI is InChI=1S/C8H8O2.C4H6.C3H3N/c9-8(10)6-7-4-2-1-3-5-7;1-3-4-2;1-2-3-4/h1-5H,6H2,(H,9,10);3-4H,1-2H2;2H,1H2. The van der Waals surface area contributed by atoms with E-state index in [4.69, 9.17) is 10.4 Å². The lowest BCUT2D eigenvalue weighted by atomic mass is 10.2. The van der Waals surface area contributed by atoms with Crippen molar-refractivity contribution >= 4 is 5.97 Å². The highest BCUT2D eigenvalue weighted by Crippen LogP contribution is 1.98. The van der Waals surface area contributed by atoms with Gasteiger partial charge in [-0.15, -0.1) is 0 Å². The summed E-state index contributed by atoms with van der Waals surface area (Å²) in [5, 5.41) is 15.9. The van der Waals surface area contributed by atoms with E-state index in [1.807, 2.05) is 18.2 Å². The van der Waals surface area contributed by atoms with Gasteiger partial charge in [0.2, 0.25) is 0 Å². The normalized spacial score (nSPS) is 7.06. The zero-order valence-corrected chi connectivity index (χ0v) is 10.2. The molecule has 0 heterocycles. The molecular formula is C15H17NO2. The van der Waals surface area contributed by atoms with E-state index in [0.717, 1.165) is 5.56 Å². The maximum atomic E-state index is 10.2. The molecule has 0 aromatic heterocycles. The summed E-state index contributed by atoms with van der Waals surface area (Å²) in [6.45, 7) is 9.84. The predicted molar refractivity (Wildman–Crippen MR) is 74.0 cm³/mol. The van der Waals surface area contributed by atoms with Crippen LogP contribution < -0.4 is 0 Å². The molecule has 0 saturated heterocycles. The molecule has 0 saturated carbocycles. The van der Waals surface area contributed by atoms with Crippen LogP contribution in [0.5, 0.6) is 0 Å². The van der Waals surface area contributed by atoms with E-state index >= 15 is 0 Å². The second kappa shape index (κ2) is 14.4. The first-order chi connectivity index (χ1) is 8.62. The maximum Gasteiger partial charge on any atom is 0.307 e. The number of rotatable bonds is 3. The Labute approximate surface area is 108 Å². The summed E-state index contributed by atoms with van der Waals surface area (Å²) in [5.41, 5.74) is 0.843. The van der Waals surface area contributed by atoms with E-state index in [1.165, 1.54) is 6.08 Å². The Morgan fingerprint density at radius 2 is 1.67 bits per heavy atom. The summed E-state index contributed by atoms with van der Waals surface area (Å²) in [6.07, 6.45) is 4.57. The van der Waals surface area contributed by atoms with E-state index in [2.05, 4.69) is 19.7 Å². The number of allylic oxidation sites excluding steroid dienone is 3. The highest BCUT2D eigenvalue weighted by atomic mass is 16.4. The second-order valence-electron chi connectivity index (χ2n) is 2.86. The summed E-state index contributed by atoms with van der Waals surface area (Å²) in [6, 6.07) is 10.8. The van der Waals surface area contributed by atoms with Gasteiger partial charge in [-0.25, -0.2) is 0 Å². The van der Waals surface area contributed by atoms with Crippen molar-refractivity contribution in [2.24, 2.45) is 0 Å². The molecule has 0 spiro atoms. The molecule has 0 aliphatic heterocycles. The Balaban J connectivity index is 0. The van der Waals surface area contributed by atoms with Crippen molar-refractivity contribution in [2.75, 3.05) is 0 Å². The van der Waals surface area contributed by atoms with Gasteiger partial charge in [0.25, 0.3) is 0 Å². The summed E-state index contributed by atoms with van der Waals surface area (Å²) in [4.78, 5) is 10.2. The number of nitriles is 1. The van der Waals surface area contributed by atoms with Crippen LogP contribution in [0.3, 0.4) is 0 Å². The average Bonchev–Trinajstić information content (AvgIpc) is 2.40. The smallest absolute Gasteiger partial charge is 0.307 e. The highest BCUT2D eigenvalue weighted by molar-refractivity contribution is 5.70. The molecule has 0 radical (unpaired) electrons. The third-order valence-electron chi connectivity index (χ3n) is 1.46. The van der Waals surface area contributed by atoms with Crippen molar-refractivity contribution in [1.29, 1.82) is 5.26 Å². The number of aliphatic carboxylic acids is 1. The zero-order valence-electron chi connectivity index (χ0n) is 10.2. The molecule has 1 N–H and O–H groups in total. The minimum atomic E-state index is -0.786. The molecular weight excluding hydrogens is 226 g/mol. The summed E-state index contributed by atoms with van der Waals surface area (Å²) in [7, 11) is 0. The van der Waals surface area contributed by atoms with Crippen molar-refractivity contribution in [3.8, 4) is 6.07 Å². The monoisotopic (exact) mass is 243 g/mol. The Morgan fingerprint density at radius 3 is 1.94 bits per heavy atom. The quantitative estimate of drug-likeness (QED) is 0.654. The van der Waals surface area contributed by atoms with E-state index in [-0.39, 0.29) is 6.42 Å². The van der Waals surface area contributed by atoms with E-state index in [0.29, 0.717) is 0 Å². The number of hydrogen-bond acceptors (Lipinski definition) is 2. The number of carbonyl (C=O) groups is 1. The Hall–Kier alpha value is -2.60. The van der Waals surface area contributed by atoms with E-state index in [1.54, 1.807) is 30.4 Å². The van der Waals surface area contributed by atoms with Crippen LogP contribution in [0.25, 0.3) is 0 Å². The van der Waals surface area contributed by atoms with Gasteiger partial charge in [-0.2, -0.15) is 5.26 Å². The van der Waals surface area contributed by atoms with Crippen molar-refractivity contribution in [3.05, 3.63) is 73.9 Å². The van der Waals surface area contributed by atoms with Crippen molar-refractivity contribution in [3.63, 3.8) is 0 Å². The number of nitrogens with zero attached hydrogens (tertiary/aromatic N) is 1. The van der Waals surface area contributed by atoms with Gasteiger partial charge in [0.05, 0.1) is 12.5 Å². The van der Waals surface area contributed by atoms with Crippen molar-refractivity contribution in [1.82, 2.24) is 0 Å². The van der Waals surface area contributed by atoms with Gasteiger partial charge in [-0.1, -0.05) is 62.2 Å². The summed E-state index contributed by atoms with van der Waals surface area (Å²) >= 11 is 0. The fourth-order valence-electron chi connectivity index (χ4n) is 0.770. The van der Waals surface area contributed by atoms with Crippen LogP contribution >= 0.6 is 0 Å². The summed E-state index contributed by atoms with van der Waals surface area (Å²) in [5.74, 6) is -0.786. The lowest BCUT2D eigenvalue weighted by molar-refractivity contribution is -0.136. The second-order valence-corrected chi connectivity index (χ2v) is 2.86. The molecule has 0 fully saturated rings. The largest absolute Gasteiger partial charge is 0.481 e. The molecule has 0 aliphatic carbocycles. The molecule has 0 unspecified atom stereocenters. The number of benzene rings is 1. The molecule has 0 amide bonds. The highest BCUT2D eigenvalue weighted by Gasteiger charge is 1.96. The third kappa shape index (κ3) is 15.9. The van der Waals surface area contributed by atoms with E-state index in [9.17, 15) is 4.79 Å². The molecule has 0 aliphatic rings. The van der Waals surface area contributed by atoms with E-state index < -0.39 is 5.97 Å². The van der Waals surface area contributed by atoms with Gasteiger partial charge in [0.15, 0.2) is 0 Å². The van der Waals surface area contributed by atoms with Crippen molar-refractivity contribution < 1.29 is 9.90 Å².